The van der Waals surface area contributed by atoms with E-state index in [2.05, 4.69) is 10.5 Å². The van der Waals surface area contributed by atoms with Gasteiger partial charge < -0.3 is 15.3 Å². The molecule has 1 saturated carbocycles. The van der Waals surface area contributed by atoms with Crippen LogP contribution in [0.5, 0.6) is 5.75 Å². The van der Waals surface area contributed by atoms with Gasteiger partial charge in [0.25, 0.3) is 5.91 Å². The first kappa shape index (κ1) is 14.1. The van der Waals surface area contributed by atoms with Crippen LogP contribution in [0.2, 0.25) is 5.02 Å². The van der Waals surface area contributed by atoms with Crippen LogP contribution >= 0.6 is 11.6 Å². The molecule has 1 aliphatic carbocycles. The van der Waals surface area contributed by atoms with Crippen LogP contribution in [0.4, 0.5) is 5.69 Å². The number of hydrogen-bond acceptors (Lipinski definition) is 4. The maximum absolute atomic E-state index is 12.7. The average Bonchev–Trinajstić information content (AvgIpc) is 3.30. The van der Waals surface area contributed by atoms with Crippen molar-refractivity contribution in [3.05, 3.63) is 59.1 Å². The van der Waals surface area contributed by atoms with Crippen molar-refractivity contribution in [2.24, 2.45) is 11.1 Å². The molecule has 0 bridgehead atoms. The molecule has 5 nitrogen and oxygen atoms in total. The van der Waals surface area contributed by atoms with Gasteiger partial charge in [-0.05, 0) is 36.4 Å². The quantitative estimate of drug-likeness (QED) is 0.656. The normalized spacial score (nSPS) is 26.0. The summed E-state index contributed by atoms with van der Waals surface area (Å²) in [7, 11) is 0. The Labute approximate surface area is 137 Å². The number of hydrogen-bond donors (Lipinski definition) is 2. The maximum Gasteiger partial charge on any atom is 0.269 e. The van der Waals surface area contributed by atoms with E-state index in [1.54, 1.807) is 30.3 Å². The van der Waals surface area contributed by atoms with Crippen molar-refractivity contribution < 1.29 is 14.7 Å². The molecule has 23 heavy (non-hydrogen) atoms. The van der Waals surface area contributed by atoms with E-state index < -0.39 is 5.60 Å². The minimum atomic E-state index is -1.00. The molecule has 116 valence electrons. The van der Waals surface area contributed by atoms with Gasteiger partial charge in [0.1, 0.15) is 5.75 Å². The summed E-state index contributed by atoms with van der Waals surface area (Å²) in [6.45, 7) is 0. The molecule has 0 aromatic heterocycles. The lowest BCUT2D eigenvalue weighted by atomic mass is 9.99. The van der Waals surface area contributed by atoms with Crippen molar-refractivity contribution in [1.29, 1.82) is 0 Å². The first-order chi connectivity index (χ1) is 11.1. The number of fused-ring (bicyclic) bond motifs is 2. The summed E-state index contributed by atoms with van der Waals surface area (Å²) >= 11 is 5.85. The lowest BCUT2D eigenvalue weighted by molar-refractivity contribution is -0.125. The van der Waals surface area contributed by atoms with Crippen LogP contribution in [0.1, 0.15) is 12.0 Å². The molecule has 0 spiro atoms. The fraction of sp³-hybridized carbons (Fsp3) is 0.176. The number of para-hydroxylation sites is 1. The number of anilines is 1. The Morgan fingerprint density at radius 2 is 2.00 bits per heavy atom. The number of ether oxygens (including phenoxy) is 1. The molecule has 2 aliphatic rings. The summed E-state index contributed by atoms with van der Waals surface area (Å²) in [5.74, 6) is 0.0653. The third kappa shape index (κ3) is 2.16. The molecule has 2 unspecified atom stereocenters. The third-order valence-electron chi connectivity index (χ3n) is 4.29. The number of amides is 1. The van der Waals surface area contributed by atoms with Crippen LogP contribution in [0.15, 0.2) is 53.7 Å². The second-order valence-electron chi connectivity index (χ2n) is 5.69. The summed E-state index contributed by atoms with van der Waals surface area (Å²) in [4.78, 5) is 12.7. The molecule has 2 aromatic rings. The number of nitrogens with one attached hydrogen (secondary N) is 1. The van der Waals surface area contributed by atoms with Crippen molar-refractivity contribution in [3.63, 3.8) is 0 Å². The predicted octanol–water partition coefficient (Wildman–Crippen LogP) is 3.31. The monoisotopic (exact) mass is 328 g/mol. The molecule has 2 N–H and O–H groups in total. The highest BCUT2D eigenvalue weighted by atomic mass is 35.5. The first-order valence-corrected chi connectivity index (χ1v) is 7.59. The summed E-state index contributed by atoms with van der Waals surface area (Å²) < 4.78 is 5.95. The zero-order valence-electron chi connectivity index (χ0n) is 12.0. The lowest BCUT2D eigenvalue weighted by Gasteiger charge is -2.25. The summed E-state index contributed by atoms with van der Waals surface area (Å²) in [6, 6.07) is 14.1. The highest BCUT2D eigenvalue weighted by molar-refractivity contribution is 6.30. The van der Waals surface area contributed by atoms with E-state index in [1.165, 1.54) is 0 Å². The molecule has 2 atom stereocenters. The summed E-state index contributed by atoms with van der Waals surface area (Å²) in [6.07, 6.45) is 0.487. The van der Waals surface area contributed by atoms with E-state index >= 15 is 0 Å². The highest BCUT2D eigenvalue weighted by Crippen LogP contribution is 2.54. The Balaban J connectivity index is 1.63. The van der Waals surface area contributed by atoms with E-state index in [-0.39, 0.29) is 11.8 Å². The summed E-state index contributed by atoms with van der Waals surface area (Å²) in [5, 5.41) is 16.2. The number of halogens is 1. The van der Waals surface area contributed by atoms with Crippen molar-refractivity contribution in [3.8, 4) is 5.75 Å². The largest absolute Gasteiger partial charge is 0.476 e. The zero-order chi connectivity index (χ0) is 16.0. The van der Waals surface area contributed by atoms with Crippen molar-refractivity contribution >= 4 is 28.9 Å². The molecule has 2 aromatic carbocycles. The van der Waals surface area contributed by atoms with Crippen molar-refractivity contribution in [2.45, 2.75) is 12.0 Å². The SMILES string of the molecule is O=C(Nc1ccc(Cl)cc1)C12CC1/C(=N\O)c1ccccc1O2. The Bertz CT molecular complexity index is 819. The molecule has 6 heteroatoms. The molecule has 1 fully saturated rings. The maximum atomic E-state index is 12.7. The van der Waals surface area contributed by atoms with Crippen LogP contribution in [-0.4, -0.2) is 22.4 Å². The number of carbonyl (C=O) groups excluding carboxylic acids is 1. The number of nitrogens with zero attached hydrogens (tertiary/aromatic N) is 1. The number of rotatable bonds is 2. The standard InChI is InChI=1S/C17H13ClN2O3/c18-10-5-7-11(8-6-10)19-16(21)17-9-13(17)15(20-22)12-3-1-2-4-14(12)23-17/h1-8,13,22H,9H2,(H,19,21)/b20-15-. The van der Waals surface area contributed by atoms with Gasteiger partial charge in [0.2, 0.25) is 0 Å². The van der Waals surface area contributed by atoms with Gasteiger partial charge in [-0.15, -0.1) is 0 Å². The van der Waals surface area contributed by atoms with E-state index in [1.807, 2.05) is 18.2 Å². The van der Waals surface area contributed by atoms with Crippen molar-refractivity contribution in [1.82, 2.24) is 0 Å². The molecule has 0 saturated heterocycles. The Morgan fingerprint density at radius 3 is 2.74 bits per heavy atom. The van der Waals surface area contributed by atoms with E-state index in [0.29, 0.717) is 28.6 Å². The number of oxime groups is 1. The van der Waals surface area contributed by atoms with E-state index in [4.69, 9.17) is 16.3 Å². The van der Waals surface area contributed by atoms with Gasteiger partial charge in [-0.1, -0.05) is 28.9 Å². The van der Waals surface area contributed by atoms with Gasteiger partial charge in [0, 0.05) is 22.7 Å². The smallest absolute Gasteiger partial charge is 0.269 e. The van der Waals surface area contributed by atoms with Crippen LogP contribution in [0.25, 0.3) is 0 Å². The second kappa shape index (κ2) is 4.99. The first-order valence-electron chi connectivity index (χ1n) is 7.21. The van der Waals surface area contributed by atoms with Gasteiger partial charge in [0.05, 0.1) is 11.6 Å². The third-order valence-corrected chi connectivity index (χ3v) is 4.54. The second-order valence-corrected chi connectivity index (χ2v) is 6.13. The fourth-order valence-electron chi connectivity index (χ4n) is 3.02. The van der Waals surface area contributed by atoms with Gasteiger partial charge in [-0.3, -0.25) is 4.79 Å². The Hall–Kier alpha value is -2.53. The fourth-order valence-corrected chi connectivity index (χ4v) is 3.14. The van der Waals surface area contributed by atoms with Crippen LogP contribution in [0.3, 0.4) is 0 Å². The molecule has 1 amide bonds. The van der Waals surface area contributed by atoms with Gasteiger partial charge in [-0.2, -0.15) is 0 Å². The molecule has 0 radical (unpaired) electrons. The zero-order valence-corrected chi connectivity index (χ0v) is 12.7. The molecule has 4 rings (SSSR count). The van der Waals surface area contributed by atoms with E-state index in [0.717, 1.165) is 5.56 Å². The predicted molar refractivity (Wildman–Crippen MR) is 86.3 cm³/mol. The van der Waals surface area contributed by atoms with Crippen LogP contribution < -0.4 is 10.1 Å². The minimum Gasteiger partial charge on any atom is -0.476 e. The topological polar surface area (TPSA) is 70.9 Å². The number of benzene rings is 2. The molecular weight excluding hydrogens is 316 g/mol. The molecule has 1 aliphatic heterocycles. The van der Waals surface area contributed by atoms with Gasteiger partial charge in [0.15, 0.2) is 5.60 Å². The summed E-state index contributed by atoms with van der Waals surface area (Å²) in [5.41, 5.74) is 0.866. The van der Waals surface area contributed by atoms with Crippen molar-refractivity contribution in [2.75, 3.05) is 5.32 Å². The van der Waals surface area contributed by atoms with Gasteiger partial charge >= 0.3 is 0 Å². The van der Waals surface area contributed by atoms with E-state index in [9.17, 15) is 10.0 Å². The Morgan fingerprint density at radius 1 is 1.26 bits per heavy atom. The minimum absolute atomic E-state index is 0.241. The van der Waals surface area contributed by atoms with Gasteiger partial charge in [-0.25, -0.2) is 0 Å². The molecular formula is C17H13ClN2O3. The molecule has 1 heterocycles. The lowest BCUT2D eigenvalue weighted by Crippen LogP contribution is -2.41. The highest BCUT2D eigenvalue weighted by Gasteiger charge is 2.68. The van der Waals surface area contributed by atoms with Crippen LogP contribution in [0, 0.1) is 5.92 Å². The van der Waals surface area contributed by atoms with Crippen LogP contribution in [-0.2, 0) is 4.79 Å². The average molecular weight is 329 g/mol. The Kier molecular flexibility index (Phi) is 3.06. The number of carbonyl (C=O) groups is 1.